The molecule has 0 fully saturated rings. The molecular weight excluding hydrogens is 786 g/mol. The van der Waals surface area contributed by atoms with Gasteiger partial charge in [-0.25, -0.2) is 0 Å². The van der Waals surface area contributed by atoms with Gasteiger partial charge in [-0.3, -0.25) is 29.0 Å². The molecule has 0 aliphatic carbocycles. The molecule has 312 valence electrons. The third kappa shape index (κ3) is 11.5. The number of nitrogens with zero attached hydrogens (tertiary/aromatic N) is 1. The van der Waals surface area contributed by atoms with Gasteiger partial charge in [-0.1, -0.05) is 41.9 Å². The van der Waals surface area contributed by atoms with Crippen molar-refractivity contribution in [3.05, 3.63) is 131 Å². The lowest BCUT2D eigenvalue weighted by Gasteiger charge is -2.26. The molecule has 3 aromatic carbocycles. The molecule has 1 unspecified atom stereocenters. The Morgan fingerprint density at radius 1 is 0.650 bits per heavy atom. The number of nitrogens with one attached hydrogen (secondary N) is 6. The van der Waals surface area contributed by atoms with Gasteiger partial charge in [-0.2, -0.15) is 0 Å². The van der Waals surface area contributed by atoms with Crippen molar-refractivity contribution in [1.82, 2.24) is 36.2 Å². The molecule has 0 aliphatic heterocycles. The van der Waals surface area contributed by atoms with E-state index in [0.29, 0.717) is 46.5 Å². The van der Waals surface area contributed by atoms with Crippen LogP contribution >= 0.6 is 11.6 Å². The van der Waals surface area contributed by atoms with Gasteiger partial charge in [0.2, 0.25) is 29.5 Å². The minimum atomic E-state index is -1.26. The van der Waals surface area contributed by atoms with Crippen LogP contribution < -0.4 is 32.7 Å². The van der Waals surface area contributed by atoms with Crippen molar-refractivity contribution in [2.24, 2.45) is 11.5 Å². The number of amides is 5. The van der Waals surface area contributed by atoms with E-state index in [1.54, 1.807) is 73.3 Å². The van der Waals surface area contributed by atoms with Gasteiger partial charge in [0.15, 0.2) is 0 Å². The Balaban J connectivity index is 1.27. The minimum Gasteiger partial charge on any atom is -0.508 e. The van der Waals surface area contributed by atoms with Gasteiger partial charge in [0.25, 0.3) is 0 Å². The molecule has 15 nitrogen and oxygen atoms in total. The monoisotopic (exact) mass is 833 g/mol. The first-order valence-electron chi connectivity index (χ1n) is 19.6. The molecule has 3 aromatic heterocycles. The zero-order valence-electron chi connectivity index (χ0n) is 32.7. The Bertz CT molecular complexity index is 2440. The normalized spacial score (nSPS) is 13.2. The number of phenols is 1. The van der Waals surface area contributed by atoms with Gasteiger partial charge < -0.3 is 47.8 Å². The smallest absolute Gasteiger partial charge is 0.243 e. The van der Waals surface area contributed by atoms with Crippen LogP contribution in [-0.4, -0.2) is 80.3 Å². The van der Waals surface area contributed by atoms with E-state index in [1.807, 2.05) is 24.3 Å². The Labute approximate surface area is 351 Å². The average molecular weight is 834 g/mol. The number of aromatic nitrogens is 3. The van der Waals surface area contributed by atoms with Crippen LogP contribution in [0.4, 0.5) is 0 Å². The number of para-hydroxylation sites is 1. The summed E-state index contributed by atoms with van der Waals surface area (Å²) in [5.41, 5.74) is 15.8. The predicted molar refractivity (Wildman–Crippen MR) is 229 cm³/mol. The maximum absolute atomic E-state index is 14.5. The van der Waals surface area contributed by atoms with Crippen molar-refractivity contribution in [1.29, 1.82) is 0 Å². The fraction of sp³-hybridized carbons (Fsp3) is 0.273. The number of phenolic OH excluding ortho intramolecular Hbond substituents is 1. The van der Waals surface area contributed by atoms with Crippen molar-refractivity contribution in [2.75, 3.05) is 6.54 Å². The second-order valence-electron chi connectivity index (χ2n) is 14.7. The Hall–Kier alpha value is -6.71. The summed E-state index contributed by atoms with van der Waals surface area (Å²) >= 11 is 6.17. The topological polar surface area (TPSA) is 250 Å². The van der Waals surface area contributed by atoms with Crippen molar-refractivity contribution >= 4 is 62.9 Å². The Kier molecular flexibility index (Phi) is 14.5. The summed E-state index contributed by atoms with van der Waals surface area (Å²) in [6.45, 7) is 0.408. The number of hydrogen-bond donors (Lipinski definition) is 9. The number of fused-ring (bicyclic) bond motifs is 2. The maximum Gasteiger partial charge on any atom is 0.243 e. The first kappa shape index (κ1) is 42.9. The first-order chi connectivity index (χ1) is 29.0. The van der Waals surface area contributed by atoms with Crippen LogP contribution in [0.5, 0.6) is 5.75 Å². The van der Waals surface area contributed by atoms with Crippen LogP contribution in [-0.2, 0) is 49.7 Å². The van der Waals surface area contributed by atoms with E-state index in [4.69, 9.17) is 23.1 Å². The Morgan fingerprint density at radius 3 is 1.83 bits per heavy atom. The number of unbranched alkanes of at least 4 members (excludes halogenated alkanes) is 1. The molecule has 4 atom stereocenters. The summed E-state index contributed by atoms with van der Waals surface area (Å²) in [5, 5.41) is 23.4. The lowest BCUT2D eigenvalue weighted by atomic mass is 10.00. The van der Waals surface area contributed by atoms with Crippen molar-refractivity contribution in [2.45, 2.75) is 69.1 Å². The van der Waals surface area contributed by atoms with E-state index in [0.717, 1.165) is 22.0 Å². The number of benzene rings is 3. The van der Waals surface area contributed by atoms with E-state index in [9.17, 15) is 29.1 Å². The highest BCUT2D eigenvalue weighted by Gasteiger charge is 2.32. The van der Waals surface area contributed by atoms with Crippen LogP contribution in [0.3, 0.4) is 0 Å². The van der Waals surface area contributed by atoms with Crippen LogP contribution in [0.2, 0.25) is 5.02 Å². The highest BCUT2D eigenvalue weighted by Crippen LogP contribution is 2.24. The lowest BCUT2D eigenvalue weighted by molar-refractivity contribution is -0.134. The molecule has 0 saturated heterocycles. The molecule has 6 aromatic rings. The fourth-order valence-corrected chi connectivity index (χ4v) is 7.18. The summed E-state index contributed by atoms with van der Waals surface area (Å²) < 4.78 is 0. The molecule has 0 radical (unpaired) electrons. The predicted octanol–water partition coefficient (Wildman–Crippen LogP) is 3.23. The Morgan fingerprint density at radius 2 is 1.20 bits per heavy atom. The number of H-pyrrole nitrogens is 2. The number of pyridine rings is 1. The number of carbonyl (C=O) groups is 5. The molecule has 6 rings (SSSR count). The molecule has 11 N–H and O–H groups in total. The van der Waals surface area contributed by atoms with Crippen molar-refractivity contribution in [3.8, 4) is 5.75 Å². The number of nitrogens with two attached hydrogens (primary N) is 2. The molecule has 0 bridgehead atoms. The third-order valence-corrected chi connectivity index (χ3v) is 10.5. The SMILES string of the molecule is NCCCCC(=O)N[C@@H](Cc1c[nH]c2ccc(O)cc12)C(=O)N[C@@H](Cc1ccc(Cl)cc1)C(=O)NC(Cc1ccncc1)C(=O)N[C@H](Cc1c[nH]c2ccccc12)C(N)=O. The largest absolute Gasteiger partial charge is 0.508 e. The van der Waals surface area contributed by atoms with Gasteiger partial charge in [-0.15, -0.1) is 0 Å². The number of rotatable bonds is 20. The molecule has 16 heteroatoms. The molecule has 5 amide bonds. The van der Waals surface area contributed by atoms with E-state index < -0.39 is 47.8 Å². The van der Waals surface area contributed by atoms with Crippen LogP contribution in [0.1, 0.15) is 41.5 Å². The molecule has 0 saturated carbocycles. The van der Waals surface area contributed by atoms with Gasteiger partial charge in [-0.05, 0) is 90.2 Å². The fourth-order valence-electron chi connectivity index (χ4n) is 7.05. The number of carbonyl (C=O) groups excluding carboxylic acids is 5. The van der Waals surface area contributed by atoms with Crippen molar-refractivity contribution in [3.63, 3.8) is 0 Å². The number of aromatic hydroxyl groups is 1. The van der Waals surface area contributed by atoms with Gasteiger partial charge >= 0.3 is 0 Å². The molecule has 60 heavy (non-hydrogen) atoms. The summed E-state index contributed by atoms with van der Waals surface area (Å²) in [4.78, 5) is 79.2. The van der Waals surface area contributed by atoms with E-state index in [1.165, 1.54) is 6.07 Å². The lowest BCUT2D eigenvalue weighted by Crippen LogP contribution is -2.59. The van der Waals surface area contributed by atoms with Crippen LogP contribution in [0.25, 0.3) is 21.8 Å². The standard InChI is InChI=1S/C44H48ClN9O6/c45-30-10-8-26(9-11-30)19-37(54-44(60)39(51-40(56)7-3-4-16-46)22-29-25-50-35-13-12-31(55)23-33(29)35)43(59)53-38(20-27-14-17-48-18-15-27)42(58)52-36(41(47)57)21-28-24-49-34-6-2-1-5-32(28)34/h1-2,5-6,8-15,17-18,23-25,36-39,49-50,55H,3-4,7,16,19-22,46H2,(H2,47,57)(H,51,56)(H,52,58)(H,53,59)(H,54,60)/t36-,37+,38?,39+/m1/s1. The number of primary amides is 1. The molecule has 0 aliphatic rings. The molecule has 3 heterocycles. The van der Waals surface area contributed by atoms with Crippen LogP contribution in [0.15, 0.2) is 104 Å². The minimum absolute atomic E-state index is 0.00909. The second-order valence-corrected chi connectivity index (χ2v) is 15.1. The summed E-state index contributed by atoms with van der Waals surface area (Å²) in [6, 6.07) is 17.7. The van der Waals surface area contributed by atoms with E-state index in [2.05, 4.69) is 36.2 Å². The van der Waals surface area contributed by atoms with Crippen LogP contribution in [0, 0.1) is 0 Å². The third-order valence-electron chi connectivity index (χ3n) is 10.3. The quantitative estimate of drug-likeness (QED) is 0.0516. The van der Waals surface area contributed by atoms with Gasteiger partial charge in [0.1, 0.15) is 29.9 Å². The zero-order chi connectivity index (χ0) is 42.6. The van der Waals surface area contributed by atoms with E-state index >= 15 is 0 Å². The maximum atomic E-state index is 14.5. The van der Waals surface area contributed by atoms with Gasteiger partial charge in [0, 0.05) is 83.7 Å². The summed E-state index contributed by atoms with van der Waals surface area (Å²) in [5.74, 6) is -3.16. The summed E-state index contributed by atoms with van der Waals surface area (Å²) in [7, 11) is 0. The highest BCUT2D eigenvalue weighted by atomic mass is 35.5. The number of aromatic amines is 2. The first-order valence-corrected chi connectivity index (χ1v) is 20.0. The number of hydrogen-bond acceptors (Lipinski definition) is 8. The zero-order valence-corrected chi connectivity index (χ0v) is 33.5. The van der Waals surface area contributed by atoms with Crippen molar-refractivity contribution < 1.29 is 29.1 Å². The van der Waals surface area contributed by atoms with Gasteiger partial charge in [0.05, 0.1) is 0 Å². The summed E-state index contributed by atoms with van der Waals surface area (Å²) in [6.07, 6.45) is 7.92. The average Bonchev–Trinajstić information content (AvgIpc) is 3.84. The highest BCUT2D eigenvalue weighted by molar-refractivity contribution is 6.30. The van der Waals surface area contributed by atoms with E-state index in [-0.39, 0.29) is 43.8 Å². The second kappa shape index (κ2) is 20.3. The molecular formula is C44H48ClN9O6. The number of halogens is 1. The molecule has 0 spiro atoms.